The van der Waals surface area contributed by atoms with Crippen LogP contribution in [0.5, 0.6) is 11.5 Å². The molecule has 0 aromatic heterocycles. The van der Waals surface area contributed by atoms with Crippen LogP contribution in [0.25, 0.3) is 0 Å². The normalized spacial score (nSPS) is 9.81. The molecule has 2 aromatic rings. The second kappa shape index (κ2) is 9.16. The molecule has 9 heteroatoms. The minimum Gasteiger partial charge on any atom is -0.497 e. The van der Waals surface area contributed by atoms with Gasteiger partial charge in [-0.3, -0.25) is 25.8 Å². The van der Waals surface area contributed by atoms with Crippen molar-refractivity contribution >= 4 is 45.1 Å². The molecule has 0 heterocycles. The molecule has 136 valence electrons. The average molecular weight is 438 g/mol. The van der Waals surface area contributed by atoms with Gasteiger partial charge in [-0.2, -0.15) is 0 Å². The van der Waals surface area contributed by atoms with Gasteiger partial charge in [0.2, 0.25) is 0 Å². The van der Waals surface area contributed by atoms with Gasteiger partial charge in [0.1, 0.15) is 11.5 Å². The molecule has 0 saturated heterocycles. The fourth-order valence-electron chi connectivity index (χ4n) is 1.94. The van der Waals surface area contributed by atoms with E-state index in [0.29, 0.717) is 27.1 Å². The molecule has 0 fully saturated rings. The highest BCUT2D eigenvalue weighted by Crippen LogP contribution is 2.25. The number of rotatable bonds is 4. The van der Waals surface area contributed by atoms with Crippen LogP contribution in [0.1, 0.15) is 20.7 Å². The molecule has 26 heavy (non-hydrogen) atoms. The molecular weight excluding hydrogens is 422 g/mol. The van der Waals surface area contributed by atoms with Crippen LogP contribution in [0.2, 0.25) is 0 Å². The van der Waals surface area contributed by atoms with Crippen LogP contribution in [0.3, 0.4) is 0 Å². The van der Waals surface area contributed by atoms with E-state index in [1.807, 2.05) is 0 Å². The molecule has 0 radical (unpaired) electrons. The number of benzene rings is 2. The van der Waals surface area contributed by atoms with Crippen LogP contribution in [0, 0.1) is 0 Å². The third-order valence-corrected chi connectivity index (χ3v) is 4.11. The highest BCUT2D eigenvalue weighted by molar-refractivity contribution is 9.10. The first kappa shape index (κ1) is 19.7. The van der Waals surface area contributed by atoms with E-state index in [2.05, 4.69) is 32.1 Å². The monoisotopic (exact) mass is 437 g/mol. The van der Waals surface area contributed by atoms with E-state index in [9.17, 15) is 9.59 Å². The largest absolute Gasteiger partial charge is 0.497 e. The van der Waals surface area contributed by atoms with Crippen LogP contribution in [-0.4, -0.2) is 31.1 Å². The third-order valence-electron chi connectivity index (χ3n) is 3.28. The Hall–Kier alpha value is -2.65. The highest BCUT2D eigenvalue weighted by Gasteiger charge is 2.11. The topological polar surface area (TPSA) is 88.7 Å². The smallest absolute Gasteiger partial charge is 0.269 e. The standard InChI is InChI=1S/C17H16BrN3O4S/c1-24-12-6-3-10(4-7-12)15(22)19-17(26)21-20-16(23)11-5-8-14(25-2)13(18)9-11/h3-9H,1-2H3,(H,20,23)(H2,19,21,22,26). The van der Waals surface area contributed by atoms with E-state index in [-0.39, 0.29) is 5.11 Å². The lowest BCUT2D eigenvalue weighted by atomic mass is 10.2. The summed E-state index contributed by atoms with van der Waals surface area (Å²) in [6, 6.07) is 11.4. The van der Waals surface area contributed by atoms with Gasteiger partial charge in [-0.05, 0) is 70.6 Å². The molecule has 0 spiro atoms. The lowest BCUT2D eigenvalue weighted by molar-refractivity contribution is 0.0934. The second-order valence-corrected chi connectivity index (χ2v) is 6.20. The fourth-order valence-corrected chi connectivity index (χ4v) is 2.63. The van der Waals surface area contributed by atoms with E-state index < -0.39 is 11.8 Å². The number of nitrogens with one attached hydrogen (secondary N) is 3. The Balaban J connectivity index is 1.88. The molecule has 3 N–H and O–H groups in total. The van der Waals surface area contributed by atoms with E-state index in [4.69, 9.17) is 21.7 Å². The van der Waals surface area contributed by atoms with Crippen LogP contribution < -0.4 is 25.6 Å². The number of carbonyl (C=O) groups is 2. The molecule has 0 aliphatic carbocycles. The predicted octanol–water partition coefficient (Wildman–Crippen LogP) is 2.42. The number of thiocarbonyl (C=S) groups is 1. The number of ether oxygens (including phenoxy) is 2. The molecule has 7 nitrogen and oxygen atoms in total. The van der Waals surface area contributed by atoms with Gasteiger partial charge < -0.3 is 9.47 Å². The summed E-state index contributed by atoms with van der Waals surface area (Å²) in [7, 11) is 3.07. The van der Waals surface area contributed by atoms with Crippen molar-refractivity contribution in [3.8, 4) is 11.5 Å². The first-order valence-electron chi connectivity index (χ1n) is 7.34. The molecule has 0 bridgehead atoms. The number of amides is 2. The van der Waals surface area contributed by atoms with Crippen LogP contribution in [-0.2, 0) is 0 Å². The summed E-state index contributed by atoms with van der Waals surface area (Å²) in [4.78, 5) is 24.2. The van der Waals surface area contributed by atoms with Gasteiger partial charge in [0.25, 0.3) is 11.8 Å². The maximum absolute atomic E-state index is 12.1. The van der Waals surface area contributed by atoms with Gasteiger partial charge in [-0.25, -0.2) is 0 Å². The van der Waals surface area contributed by atoms with Gasteiger partial charge in [-0.15, -0.1) is 0 Å². The maximum Gasteiger partial charge on any atom is 0.269 e. The molecule has 0 aliphatic rings. The Kier molecular flexibility index (Phi) is 6.93. The van der Waals surface area contributed by atoms with Gasteiger partial charge in [0.15, 0.2) is 5.11 Å². The van der Waals surface area contributed by atoms with Crippen molar-refractivity contribution in [2.45, 2.75) is 0 Å². The lowest BCUT2D eigenvalue weighted by Crippen LogP contribution is -2.48. The van der Waals surface area contributed by atoms with Gasteiger partial charge >= 0.3 is 0 Å². The van der Waals surface area contributed by atoms with Crippen molar-refractivity contribution in [3.63, 3.8) is 0 Å². The first-order valence-corrected chi connectivity index (χ1v) is 8.54. The predicted molar refractivity (Wildman–Crippen MR) is 104 cm³/mol. The van der Waals surface area contributed by atoms with Crippen molar-refractivity contribution in [3.05, 3.63) is 58.1 Å². The summed E-state index contributed by atoms with van der Waals surface area (Å²) in [5.74, 6) is 0.415. The molecule has 2 aromatic carbocycles. The summed E-state index contributed by atoms with van der Waals surface area (Å²) in [5, 5.41) is 2.43. The minimum absolute atomic E-state index is 0.0354. The summed E-state index contributed by atoms with van der Waals surface area (Å²) in [6.07, 6.45) is 0. The lowest BCUT2D eigenvalue weighted by Gasteiger charge is -2.11. The van der Waals surface area contributed by atoms with E-state index in [1.54, 1.807) is 42.5 Å². The highest BCUT2D eigenvalue weighted by atomic mass is 79.9. The SMILES string of the molecule is COc1ccc(C(=O)NC(=S)NNC(=O)c2ccc(OC)c(Br)c2)cc1. The van der Waals surface area contributed by atoms with Crippen LogP contribution in [0.15, 0.2) is 46.9 Å². The quantitative estimate of drug-likeness (QED) is 0.502. The second-order valence-electron chi connectivity index (χ2n) is 4.94. The Morgan fingerprint density at radius 2 is 1.58 bits per heavy atom. The van der Waals surface area contributed by atoms with E-state index >= 15 is 0 Å². The zero-order valence-electron chi connectivity index (χ0n) is 14.0. The minimum atomic E-state index is -0.422. The number of carbonyl (C=O) groups excluding carboxylic acids is 2. The molecule has 2 amide bonds. The average Bonchev–Trinajstić information content (AvgIpc) is 2.66. The molecule has 2 rings (SSSR count). The number of hydrogen-bond acceptors (Lipinski definition) is 5. The van der Waals surface area contributed by atoms with Crippen molar-refractivity contribution in [2.24, 2.45) is 0 Å². The maximum atomic E-state index is 12.1. The van der Waals surface area contributed by atoms with Crippen LogP contribution >= 0.6 is 28.1 Å². The first-order chi connectivity index (χ1) is 12.4. The number of methoxy groups -OCH3 is 2. The van der Waals surface area contributed by atoms with Crippen molar-refractivity contribution in [1.82, 2.24) is 16.2 Å². The fraction of sp³-hybridized carbons (Fsp3) is 0.118. The number of hydrogen-bond donors (Lipinski definition) is 3. The Labute approximate surface area is 164 Å². The summed E-state index contributed by atoms with van der Waals surface area (Å²) < 4.78 is 10.8. The van der Waals surface area contributed by atoms with Crippen molar-refractivity contribution < 1.29 is 19.1 Å². The zero-order valence-corrected chi connectivity index (χ0v) is 16.4. The molecule has 0 atom stereocenters. The number of hydrazine groups is 1. The Morgan fingerprint density at radius 3 is 2.15 bits per heavy atom. The van der Waals surface area contributed by atoms with Gasteiger partial charge in [-0.1, -0.05) is 0 Å². The summed E-state index contributed by atoms with van der Waals surface area (Å²) in [6.45, 7) is 0. The van der Waals surface area contributed by atoms with Gasteiger partial charge in [0, 0.05) is 11.1 Å². The number of halogens is 1. The summed E-state index contributed by atoms with van der Waals surface area (Å²) >= 11 is 8.31. The Morgan fingerprint density at radius 1 is 0.923 bits per heavy atom. The third kappa shape index (κ3) is 5.17. The van der Waals surface area contributed by atoms with Crippen molar-refractivity contribution in [1.29, 1.82) is 0 Å². The zero-order chi connectivity index (χ0) is 19.1. The van der Waals surface area contributed by atoms with Crippen molar-refractivity contribution in [2.75, 3.05) is 14.2 Å². The molecular formula is C17H16BrN3O4S. The molecule has 0 saturated carbocycles. The summed E-state index contributed by atoms with van der Waals surface area (Å²) in [5.41, 5.74) is 5.68. The molecule has 0 unspecified atom stereocenters. The Bertz CT molecular complexity index is 827. The van der Waals surface area contributed by atoms with E-state index in [0.717, 1.165) is 0 Å². The van der Waals surface area contributed by atoms with Gasteiger partial charge in [0.05, 0.1) is 18.7 Å². The van der Waals surface area contributed by atoms with Crippen LogP contribution in [0.4, 0.5) is 0 Å². The molecule has 0 aliphatic heterocycles. The van der Waals surface area contributed by atoms with E-state index in [1.165, 1.54) is 14.2 Å².